The number of halogens is 1. The standard InChI is InChI=1S/C8H8BrNS/c1-6(11)10-8-4-2-3-7(9)5-8/h2-5H,1H3,(H,10,11). The summed E-state index contributed by atoms with van der Waals surface area (Å²) in [5.74, 6) is 0. The summed E-state index contributed by atoms with van der Waals surface area (Å²) in [5, 5.41) is 3.05. The van der Waals surface area contributed by atoms with Crippen LogP contribution in [0.15, 0.2) is 28.7 Å². The van der Waals surface area contributed by atoms with E-state index in [0.29, 0.717) is 0 Å². The zero-order valence-corrected chi connectivity index (χ0v) is 8.50. The molecule has 11 heavy (non-hydrogen) atoms. The Morgan fingerprint density at radius 2 is 2.27 bits per heavy atom. The van der Waals surface area contributed by atoms with Gasteiger partial charge in [0, 0.05) is 10.2 Å². The van der Waals surface area contributed by atoms with Crippen molar-refractivity contribution in [2.24, 2.45) is 0 Å². The van der Waals surface area contributed by atoms with Gasteiger partial charge in [-0.25, -0.2) is 0 Å². The van der Waals surface area contributed by atoms with E-state index >= 15 is 0 Å². The Kier molecular flexibility index (Phi) is 3.02. The Hall–Kier alpha value is -0.410. The van der Waals surface area contributed by atoms with Gasteiger partial charge in [0.1, 0.15) is 0 Å². The molecule has 0 atom stereocenters. The van der Waals surface area contributed by atoms with E-state index in [1.54, 1.807) is 0 Å². The highest BCUT2D eigenvalue weighted by molar-refractivity contribution is 9.10. The van der Waals surface area contributed by atoms with E-state index in [0.717, 1.165) is 15.1 Å². The molecule has 0 radical (unpaired) electrons. The lowest BCUT2D eigenvalue weighted by Crippen LogP contribution is -2.02. The summed E-state index contributed by atoms with van der Waals surface area (Å²) in [6.07, 6.45) is 0. The van der Waals surface area contributed by atoms with E-state index in [2.05, 4.69) is 21.2 Å². The maximum Gasteiger partial charge on any atom is 0.0765 e. The van der Waals surface area contributed by atoms with Gasteiger partial charge in [-0.1, -0.05) is 34.2 Å². The molecule has 58 valence electrons. The molecule has 0 amide bonds. The first kappa shape index (κ1) is 8.68. The molecule has 1 aromatic rings. The third-order valence-electron chi connectivity index (χ3n) is 1.14. The summed E-state index contributed by atoms with van der Waals surface area (Å²) in [4.78, 5) is 0.781. The van der Waals surface area contributed by atoms with Crippen molar-refractivity contribution in [1.82, 2.24) is 0 Å². The maximum atomic E-state index is 4.89. The lowest BCUT2D eigenvalue weighted by Gasteiger charge is -2.02. The van der Waals surface area contributed by atoms with Crippen LogP contribution in [-0.2, 0) is 0 Å². The van der Waals surface area contributed by atoms with Crippen molar-refractivity contribution in [2.75, 3.05) is 5.32 Å². The highest BCUT2D eigenvalue weighted by atomic mass is 79.9. The number of hydrogen-bond donors (Lipinski definition) is 1. The molecule has 0 aliphatic carbocycles. The van der Waals surface area contributed by atoms with Crippen LogP contribution in [-0.4, -0.2) is 4.99 Å². The topological polar surface area (TPSA) is 12.0 Å². The van der Waals surface area contributed by atoms with Gasteiger partial charge >= 0.3 is 0 Å². The van der Waals surface area contributed by atoms with Gasteiger partial charge in [0.15, 0.2) is 0 Å². The minimum Gasteiger partial charge on any atom is -0.350 e. The first-order chi connectivity index (χ1) is 5.18. The Labute approximate surface area is 79.9 Å². The van der Waals surface area contributed by atoms with Crippen molar-refractivity contribution in [2.45, 2.75) is 6.92 Å². The molecule has 1 N–H and O–H groups in total. The zero-order valence-electron chi connectivity index (χ0n) is 6.10. The zero-order chi connectivity index (χ0) is 8.27. The SMILES string of the molecule is CC(=S)Nc1cccc(Br)c1. The molecule has 0 fully saturated rings. The third-order valence-corrected chi connectivity index (χ3v) is 1.74. The molecule has 1 aromatic carbocycles. The van der Waals surface area contributed by atoms with Crippen LogP contribution in [0.3, 0.4) is 0 Å². The van der Waals surface area contributed by atoms with Gasteiger partial charge in [-0.05, 0) is 25.1 Å². The van der Waals surface area contributed by atoms with Crippen LogP contribution >= 0.6 is 28.1 Å². The largest absolute Gasteiger partial charge is 0.350 e. The number of benzene rings is 1. The van der Waals surface area contributed by atoms with Crippen molar-refractivity contribution in [3.63, 3.8) is 0 Å². The van der Waals surface area contributed by atoms with Gasteiger partial charge < -0.3 is 5.32 Å². The predicted molar refractivity (Wildman–Crippen MR) is 56.0 cm³/mol. The quantitative estimate of drug-likeness (QED) is 0.743. The number of rotatable bonds is 1. The summed E-state index contributed by atoms with van der Waals surface area (Å²) in [6.45, 7) is 1.86. The maximum absolute atomic E-state index is 4.89. The van der Waals surface area contributed by atoms with Gasteiger partial charge in [0.25, 0.3) is 0 Å². The fourth-order valence-electron chi connectivity index (χ4n) is 0.769. The molecule has 0 heterocycles. The lowest BCUT2D eigenvalue weighted by molar-refractivity contribution is 1.60. The Morgan fingerprint density at radius 3 is 2.82 bits per heavy atom. The van der Waals surface area contributed by atoms with E-state index in [9.17, 15) is 0 Å². The summed E-state index contributed by atoms with van der Waals surface area (Å²) in [6, 6.07) is 7.89. The molecule has 0 spiro atoms. The molecule has 0 saturated carbocycles. The minimum absolute atomic E-state index is 0.781. The van der Waals surface area contributed by atoms with Crippen molar-refractivity contribution in [1.29, 1.82) is 0 Å². The monoisotopic (exact) mass is 229 g/mol. The molecule has 1 nitrogen and oxygen atoms in total. The molecule has 0 saturated heterocycles. The average Bonchev–Trinajstić information content (AvgIpc) is 1.85. The molecular formula is C8H8BrNS. The molecule has 0 aromatic heterocycles. The lowest BCUT2D eigenvalue weighted by atomic mass is 10.3. The molecule has 0 bridgehead atoms. The molecule has 0 aliphatic heterocycles. The second-order valence-electron chi connectivity index (χ2n) is 2.19. The molecule has 0 aliphatic rings. The highest BCUT2D eigenvalue weighted by Crippen LogP contribution is 2.15. The highest BCUT2D eigenvalue weighted by Gasteiger charge is 1.91. The Bertz CT molecular complexity index is 273. The van der Waals surface area contributed by atoms with Crippen LogP contribution in [0.4, 0.5) is 5.69 Å². The van der Waals surface area contributed by atoms with Crippen LogP contribution in [0.1, 0.15) is 6.92 Å². The molecular weight excluding hydrogens is 222 g/mol. The minimum atomic E-state index is 0.781. The van der Waals surface area contributed by atoms with Gasteiger partial charge in [-0.15, -0.1) is 0 Å². The van der Waals surface area contributed by atoms with E-state index in [1.807, 2.05) is 31.2 Å². The van der Waals surface area contributed by atoms with Crippen molar-refractivity contribution >= 4 is 38.8 Å². The molecule has 3 heteroatoms. The fourth-order valence-corrected chi connectivity index (χ4v) is 1.29. The number of thiocarbonyl (C=S) groups is 1. The van der Waals surface area contributed by atoms with Gasteiger partial charge in [0.05, 0.1) is 4.99 Å². The smallest absolute Gasteiger partial charge is 0.0765 e. The molecule has 1 rings (SSSR count). The van der Waals surface area contributed by atoms with Crippen LogP contribution < -0.4 is 5.32 Å². The first-order valence-electron chi connectivity index (χ1n) is 3.21. The first-order valence-corrected chi connectivity index (χ1v) is 4.42. The average molecular weight is 230 g/mol. The van der Waals surface area contributed by atoms with E-state index < -0.39 is 0 Å². The number of nitrogens with one attached hydrogen (secondary N) is 1. The second-order valence-corrected chi connectivity index (χ2v) is 3.72. The van der Waals surface area contributed by atoms with Gasteiger partial charge in [0.2, 0.25) is 0 Å². The summed E-state index contributed by atoms with van der Waals surface area (Å²) >= 11 is 8.26. The van der Waals surface area contributed by atoms with Crippen molar-refractivity contribution in [3.8, 4) is 0 Å². The normalized spacial score (nSPS) is 9.27. The van der Waals surface area contributed by atoms with Crippen molar-refractivity contribution in [3.05, 3.63) is 28.7 Å². The third kappa shape index (κ3) is 2.99. The van der Waals surface area contributed by atoms with Crippen LogP contribution in [0, 0.1) is 0 Å². The molecule has 0 unspecified atom stereocenters. The second kappa shape index (κ2) is 3.83. The number of hydrogen-bond acceptors (Lipinski definition) is 1. The van der Waals surface area contributed by atoms with Crippen LogP contribution in [0.25, 0.3) is 0 Å². The summed E-state index contributed by atoms with van der Waals surface area (Å²) in [5.41, 5.74) is 1.02. The summed E-state index contributed by atoms with van der Waals surface area (Å²) in [7, 11) is 0. The van der Waals surface area contributed by atoms with E-state index in [4.69, 9.17) is 12.2 Å². The summed E-state index contributed by atoms with van der Waals surface area (Å²) < 4.78 is 1.05. The Balaban J connectivity index is 2.79. The fraction of sp³-hybridized carbons (Fsp3) is 0.125. The van der Waals surface area contributed by atoms with Crippen molar-refractivity contribution < 1.29 is 0 Å². The van der Waals surface area contributed by atoms with E-state index in [-0.39, 0.29) is 0 Å². The number of anilines is 1. The predicted octanol–water partition coefficient (Wildman–Crippen LogP) is 3.21. The van der Waals surface area contributed by atoms with Crippen LogP contribution in [0.2, 0.25) is 0 Å². The van der Waals surface area contributed by atoms with E-state index in [1.165, 1.54) is 0 Å². The van der Waals surface area contributed by atoms with Crippen LogP contribution in [0.5, 0.6) is 0 Å². The van der Waals surface area contributed by atoms with Gasteiger partial charge in [-0.2, -0.15) is 0 Å². The van der Waals surface area contributed by atoms with Gasteiger partial charge in [-0.3, -0.25) is 0 Å². The Morgan fingerprint density at radius 1 is 1.55 bits per heavy atom.